The van der Waals surface area contributed by atoms with Crippen molar-refractivity contribution in [3.8, 4) is 0 Å². The first kappa shape index (κ1) is 15.5. The van der Waals surface area contributed by atoms with Gasteiger partial charge in [0.25, 0.3) is 10.0 Å². The summed E-state index contributed by atoms with van der Waals surface area (Å²) in [5.74, 6) is -0.551. The van der Waals surface area contributed by atoms with Crippen LogP contribution in [0.15, 0.2) is 39.0 Å². The predicted molar refractivity (Wildman–Crippen MR) is 83.4 cm³/mol. The van der Waals surface area contributed by atoms with Gasteiger partial charge in [0, 0.05) is 11.4 Å². The zero-order valence-corrected chi connectivity index (χ0v) is 14.1. The quantitative estimate of drug-likeness (QED) is 0.801. The topological polar surface area (TPSA) is 37.4 Å². The van der Waals surface area contributed by atoms with Gasteiger partial charge in [-0.15, -0.1) is 11.3 Å². The van der Waals surface area contributed by atoms with Crippen LogP contribution >= 0.6 is 27.3 Å². The lowest BCUT2D eigenvalue weighted by molar-refractivity contribution is 0.586. The van der Waals surface area contributed by atoms with E-state index in [4.69, 9.17) is 0 Å². The number of hydrogen-bond donors (Lipinski definition) is 0. The van der Waals surface area contributed by atoms with Crippen LogP contribution in [0.5, 0.6) is 0 Å². The summed E-state index contributed by atoms with van der Waals surface area (Å²) in [4.78, 5) is 0.881. The standard InChI is InChI=1S/C13H13BrFNO2S2/c1-3-16(11-7-5-4-6-10(11)15)20(17,18)12-8-13(14)19-9(12)2/h4-8H,3H2,1-2H3. The van der Waals surface area contributed by atoms with E-state index < -0.39 is 15.8 Å². The molecule has 1 aromatic carbocycles. The molecule has 0 spiro atoms. The molecule has 0 N–H and O–H groups in total. The molecule has 0 aliphatic heterocycles. The summed E-state index contributed by atoms with van der Waals surface area (Å²) in [6.45, 7) is 3.58. The highest BCUT2D eigenvalue weighted by Crippen LogP contribution is 2.33. The maximum absolute atomic E-state index is 13.9. The lowest BCUT2D eigenvalue weighted by atomic mass is 10.3. The molecule has 0 aliphatic carbocycles. The Hall–Kier alpha value is -0.920. The minimum Gasteiger partial charge on any atom is -0.264 e. The number of nitrogens with zero attached hydrogens (tertiary/aromatic N) is 1. The van der Waals surface area contributed by atoms with Crippen molar-refractivity contribution in [3.63, 3.8) is 0 Å². The van der Waals surface area contributed by atoms with Gasteiger partial charge in [0.05, 0.1) is 9.47 Å². The summed E-state index contributed by atoms with van der Waals surface area (Å²) in [6, 6.07) is 7.43. The summed E-state index contributed by atoms with van der Waals surface area (Å²) in [7, 11) is -3.76. The van der Waals surface area contributed by atoms with Crippen molar-refractivity contribution < 1.29 is 12.8 Å². The average Bonchev–Trinajstić information content (AvgIpc) is 2.72. The minimum atomic E-state index is -3.76. The number of benzene rings is 1. The zero-order chi connectivity index (χ0) is 14.9. The molecular formula is C13H13BrFNO2S2. The average molecular weight is 378 g/mol. The number of sulfonamides is 1. The Morgan fingerprint density at radius 2 is 2.00 bits per heavy atom. The van der Waals surface area contributed by atoms with E-state index in [0.717, 1.165) is 8.09 Å². The molecule has 0 aliphatic rings. The van der Waals surface area contributed by atoms with Crippen molar-refractivity contribution in [3.05, 3.63) is 44.8 Å². The summed E-state index contributed by atoms with van der Waals surface area (Å²) in [5.41, 5.74) is 0.0664. The van der Waals surface area contributed by atoms with E-state index in [0.29, 0.717) is 4.88 Å². The van der Waals surface area contributed by atoms with E-state index in [-0.39, 0.29) is 17.1 Å². The van der Waals surface area contributed by atoms with Crippen LogP contribution in [-0.2, 0) is 10.0 Å². The SMILES string of the molecule is CCN(c1ccccc1F)S(=O)(=O)c1cc(Br)sc1C. The molecule has 0 bridgehead atoms. The molecule has 1 heterocycles. The van der Waals surface area contributed by atoms with Crippen molar-refractivity contribution in [1.82, 2.24) is 0 Å². The van der Waals surface area contributed by atoms with Gasteiger partial charge in [-0.1, -0.05) is 12.1 Å². The van der Waals surface area contributed by atoms with E-state index in [1.165, 1.54) is 29.5 Å². The van der Waals surface area contributed by atoms with Crippen LogP contribution in [0.2, 0.25) is 0 Å². The highest BCUT2D eigenvalue weighted by molar-refractivity contribution is 9.11. The first-order valence-electron chi connectivity index (χ1n) is 5.91. The molecule has 3 nitrogen and oxygen atoms in total. The number of aryl methyl sites for hydroxylation is 1. The molecule has 0 amide bonds. The molecule has 2 aromatic rings. The van der Waals surface area contributed by atoms with Crippen LogP contribution in [0.25, 0.3) is 0 Å². The Balaban J connectivity index is 2.57. The van der Waals surface area contributed by atoms with Crippen molar-refractivity contribution in [1.29, 1.82) is 0 Å². The van der Waals surface area contributed by atoms with Crippen molar-refractivity contribution in [2.75, 3.05) is 10.8 Å². The molecule has 0 unspecified atom stereocenters. The molecule has 0 radical (unpaired) electrons. The third-order valence-electron chi connectivity index (χ3n) is 2.82. The Morgan fingerprint density at radius 3 is 2.50 bits per heavy atom. The lowest BCUT2D eigenvalue weighted by Gasteiger charge is -2.23. The van der Waals surface area contributed by atoms with Crippen molar-refractivity contribution in [2.45, 2.75) is 18.7 Å². The fraction of sp³-hybridized carbons (Fsp3) is 0.231. The summed E-state index contributed by atoms with van der Waals surface area (Å²) in [6.07, 6.45) is 0. The fourth-order valence-corrected chi connectivity index (χ4v) is 5.80. The molecule has 20 heavy (non-hydrogen) atoms. The van der Waals surface area contributed by atoms with Gasteiger partial charge in [-0.05, 0) is 48.0 Å². The first-order valence-corrected chi connectivity index (χ1v) is 8.96. The van der Waals surface area contributed by atoms with Gasteiger partial charge in [-0.25, -0.2) is 12.8 Å². The second kappa shape index (κ2) is 5.83. The Labute approximate surface area is 130 Å². The van der Waals surface area contributed by atoms with E-state index in [2.05, 4.69) is 15.9 Å². The Morgan fingerprint density at radius 1 is 1.35 bits per heavy atom. The lowest BCUT2D eigenvalue weighted by Crippen LogP contribution is -2.31. The summed E-state index contributed by atoms with van der Waals surface area (Å²) < 4.78 is 41.1. The largest absolute Gasteiger partial charge is 0.265 e. The third-order valence-corrected chi connectivity index (χ3v) is 6.52. The van der Waals surface area contributed by atoms with Gasteiger partial charge in [0.2, 0.25) is 0 Å². The van der Waals surface area contributed by atoms with Crippen LogP contribution in [0, 0.1) is 12.7 Å². The normalized spacial score (nSPS) is 11.6. The second-order valence-electron chi connectivity index (χ2n) is 4.09. The summed E-state index contributed by atoms with van der Waals surface area (Å²) in [5, 5.41) is 0. The number of para-hydroxylation sites is 1. The van der Waals surface area contributed by atoms with Gasteiger partial charge >= 0.3 is 0 Å². The minimum absolute atomic E-state index is 0.0664. The molecule has 7 heteroatoms. The highest BCUT2D eigenvalue weighted by atomic mass is 79.9. The third kappa shape index (κ3) is 2.75. The van der Waals surface area contributed by atoms with Gasteiger partial charge in [-0.2, -0.15) is 0 Å². The first-order chi connectivity index (χ1) is 9.37. The maximum atomic E-state index is 13.9. The van der Waals surface area contributed by atoms with Crippen LogP contribution in [0.4, 0.5) is 10.1 Å². The van der Waals surface area contributed by atoms with Crippen molar-refractivity contribution >= 4 is 43.0 Å². The van der Waals surface area contributed by atoms with E-state index in [1.807, 2.05) is 0 Å². The van der Waals surface area contributed by atoms with Gasteiger partial charge in [0.15, 0.2) is 0 Å². The molecular weight excluding hydrogens is 365 g/mol. The van der Waals surface area contributed by atoms with Crippen LogP contribution < -0.4 is 4.31 Å². The maximum Gasteiger partial charge on any atom is 0.265 e. The van der Waals surface area contributed by atoms with Crippen LogP contribution in [-0.4, -0.2) is 15.0 Å². The molecule has 1 aromatic heterocycles. The molecule has 0 saturated carbocycles. The number of halogens is 2. The van der Waals surface area contributed by atoms with Crippen LogP contribution in [0.3, 0.4) is 0 Å². The molecule has 0 fully saturated rings. The van der Waals surface area contributed by atoms with E-state index in [1.54, 1.807) is 26.0 Å². The van der Waals surface area contributed by atoms with Gasteiger partial charge < -0.3 is 0 Å². The van der Waals surface area contributed by atoms with E-state index in [9.17, 15) is 12.8 Å². The molecule has 2 rings (SSSR count). The van der Waals surface area contributed by atoms with Gasteiger partial charge in [0.1, 0.15) is 10.7 Å². The number of rotatable bonds is 4. The monoisotopic (exact) mass is 377 g/mol. The number of anilines is 1. The second-order valence-corrected chi connectivity index (χ2v) is 8.56. The molecule has 0 saturated heterocycles. The van der Waals surface area contributed by atoms with Crippen LogP contribution in [0.1, 0.15) is 11.8 Å². The predicted octanol–water partition coefficient (Wildman–Crippen LogP) is 4.17. The summed E-state index contributed by atoms with van der Waals surface area (Å²) >= 11 is 4.62. The van der Waals surface area contributed by atoms with E-state index >= 15 is 0 Å². The highest BCUT2D eigenvalue weighted by Gasteiger charge is 2.28. The zero-order valence-electron chi connectivity index (χ0n) is 10.9. The number of hydrogen-bond acceptors (Lipinski definition) is 3. The molecule has 108 valence electrons. The number of thiophene rings is 1. The Bertz CT molecular complexity index is 728. The van der Waals surface area contributed by atoms with Gasteiger partial charge in [-0.3, -0.25) is 4.31 Å². The fourth-order valence-electron chi connectivity index (χ4n) is 1.93. The molecule has 0 atom stereocenters. The smallest absolute Gasteiger partial charge is 0.264 e. The van der Waals surface area contributed by atoms with Crippen molar-refractivity contribution in [2.24, 2.45) is 0 Å². The Kier molecular flexibility index (Phi) is 4.51.